The van der Waals surface area contributed by atoms with Crippen LogP contribution in [0.4, 0.5) is 0 Å². The summed E-state index contributed by atoms with van der Waals surface area (Å²) in [5.41, 5.74) is -1.39. The van der Waals surface area contributed by atoms with Gasteiger partial charge in [0.15, 0.2) is 25.0 Å². The van der Waals surface area contributed by atoms with E-state index in [2.05, 4.69) is 54.5 Å². The molecular formula is C53H84O23. The molecular weight excluding hydrogens is 1000 g/mol. The number of carboxylic acids is 1. The minimum Gasteiger partial charge on any atom is -0.479 e. The molecule has 4 saturated carbocycles. The summed E-state index contributed by atoms with van der Waals surface area (Å²) in [7, 11) is 0. The van der Waals surface area contributed by atoms with E-state index in [0.717, 1.165) is 25.7 Å². The highest BCUT2D eigenvalue weighted by atomic mass is 16.8. The second-order valence-electron chi connectivity index (χ2n) is 25.9. The van der Waals surface area contributed by atoms with Gasteiger partial charge in [0.25, 0.3) is 0 Å². The smallest absolute Gasteiger partial charge is 0.335 e. The molecule has 4 saturated heterocycles. The first-order valence-electron chi connectivity index (χ1n) is 27.2. The third-order valence-electron chi connectivity index (χ3n) is 21.0. The van der Waals surface area contributed by atoms with Crippen molar-refractivity contribution in [2.75, 3.05) is 19.8 Å². The molecule has 76 heavy (non-hydrogen) atoms. The zero-order valence-electron chi connectivity index (χ0n) is 44.4. The van der Waals surface area contributed by atoms with Crippen LogP contribution < -0.4 is 0 Å². The molecule has 5 aliphatic carbocycles. The molecule has 9 aliphatic rings. The monoisotopic (exact) mass is 1090 g/mol. The second kappa shape index (κ2) is 21.0. The molecule has 4 heterocycles. The van der Waals surface area contributed by atoms with E-state index in [0.29, 0.717) is 38.5 Å². The van der Waals surface area contributed by atoms with Gasteiger partial charge in [0.1, 0.15) is 85.5 Å². The molecule has 0 unspecified atom stereocenters. The number of aliphatic carboxylic acids is 1. The minimum absolute atomic E-state index is 0.0134. The summed E-state index contributed by atoms with van der Waals surface area (Å²) in [6, 6.07) is 0. The maximum atomic E-state index is 14.8. The number of ether oxygens (including phenoxy) is 8. The average Bonchev–Trinajstić information content (AvgIpc) is 3.54. The van der Waals surface area contributed by atoms with Gasteiger partial charge in [-0.2, -0.15) is 0 Å². The Labute approximate surface area is 442 Å². The van der Waals surface area contributed by atoms with E-state index >= 15 is 0 Å². The van der Waals surface area contributed by atoms with Crippen molar-refractivity contribution in [3.05, 3.63) is 11.6 Å². The third kappa shape index (κ3) is 9.42. The molecule has 4 aliphatic heterocycles. The van der Waals surface area contributed by atoms with Crippen molar-refractivity contribution in [2.24, 2.45) is 50.2 Å². The second-order valence-corrected chi connectivity index (χ2v) is 25.9. The van der Waals surface area contributed by atoms with Gasteiger partial charge in [-0.05, 0) is 109 Å². The molecule has 0 aromatic carbocycles. The van der Waals surface area contributed by atoms with Crippen molar-refractivity contribution in [3.63, 3.8) is 0 Å². The van der Waals surface area contributed by atoms with Gasteiger partial charge in [-0.25, -0.2) is 4.79 Å². The Morgan fingerprint density at radius 1 is 0.618 bits per heavy atom. The number of carbonyl (C=O) groups is 2. The van der Waals surface area contributed by atoms with Crippen molar-refractivity contribution in [1.82, 2.24) is 0 Å². The Kier molecular flexibility index (Phi) is 16.2. The summed E-state index contributed by atoms with van der Waals surface area (Å²) in [5, 5.41) is 138. The molecule has 9 rings (SSSR count). The quantitative estimate of drug-likeness (QED) is 0.0649. The lowest BCUT2D eigenvalue weighted by molar-refractivity contribution is -0.381. The van der Waals surface area contributed by atoms with Crippen molar-refractivity contribution in [2.45, 2.75) is 235 Å². The molecule has 8 fully saturated rings. The first-order chi connectivity index (χ1) is 35.5. The molecule has 0 spiro atoms. The lowest BCUT2D eigenvalue weighted by Crippen LogP contribution is -2.68. The highest BCUT2D eigenvalue weighted by Crippen LogP contribution is 2.76. The van der Waals surface area contributed by atoms with Crippen LogP contribution in [0.3, 0.4) is 0 Å². The highest BCUT2D eigenvalue weighted by molar-refractivity contribution is 5.79. The maximum Gasteiger partial charge on any atom is 0.335 e. The van der Waals surface area contributed by atoms with E-state index in [4.69, 9.17) is 37.9 Å². The Bertz CT molecular complexity index is 2140. The number of allylic oxidation sites excluding steroid dienone is 2. The Hall–Kier alpha value is -2.08. The van der Waals surface area contributed by atoms with Gasteiger partial charge < -0.3 is 104 Å². The lowest BCUT2D eigenvalue weighted by atomic mass is 9.33. The fourth-order valence-corrected chi connectivity index (χ4v) is 16.2. The van der Waals surface area contributed by atoms with E-state index in [-0.39, 0.29) is 39.4 Å². The molecule has 23 nitrogen and oxygen atoms in total. The van der Waals surface area contributed by atoms with Gasteiger partial charge >= 0.3 is 11.9 Å². The van der Waals surface area contributed by atoms with E-state index in [1.807, 2.05) is 0 Å². The zero-order valence-corrected chi connectivity index (χ0v) is 44.4. The Balaban J connectivity index is 0.983. The number of hydrogen-bond donors (Lipinski definition) is 13. The molecule has 13 N–H and O–H groups in total. The van der Waals surface area contributed by atoms with Gasteiger partial charge in [-0.3, -0.25) is 4.79 Å². The number of aliphatic hydroxyl groups excluding tert-OH is 12. The summed E-state index contributed by atoms with van der Waals surface area (Å²) in [4.78, 5) is 27.8. The van der Waals surface area contributed by atoms with E-state index in [1.165, 1.54) is 5.57 Å². The van der Waals surface area contributed by atoms with Gasteiger partial charge in [0, 0.05) is 0 Å². The molecule has 0 aromatic rings. The SMILES string of the molecule is CC1(C)CC[C@]2(C(=O)O[C@@H]3O[C@H](CO)[C@@H](O)[C@H](O)[C@H]3O)CC[C@]3(C)C(=CC[C@@H]4[C@@]5(C)CC[C@H](O[C@@H]6O[C@H](C(=O)O)[C@@H](O[C@@H]7CO[C@@H](O)[C@H](O)[C@@H]7O)[C@H](O)[C@H]6O[C@@H]6O[C@H](CO)[C@@H](O)[C@H](O)[C@H]6O)C(C)(C)[C@@H]5CC[C@]43C)[C@@H]2C1. The fraction of sp³-hybridized carbons (Fsp3) is 0.925. The maximum absolute atomic E-state index is 14.8. The predicted molar refractivity (Wildman–Crippen MR) is 257 cm³/mol. The highest BCUT2D eigenvalue weighted by Gasteiger charge is 2.70. The largest absolute Gasteiger partial charge is 0.479 e. The first-order valence-corrected chi connectivity index (χ1v) is 27.2. The van der Waals surface area contributed by atoms with E-state index in [1.54, 1.807) is 0 Å². The zero-order chi connectivity index (χ0) is 55.6. The number of hydrogen-bond acceptors (Lipinski definition) is 22. The number of carbonyl (C=O) groups excluding carboxylic acids is 1. The van der Waals surface area contributed by atoms with Crippen molar-refractivity contribution in [3.8, 4) is 0 Å². The third-order valence-corrected chi connectivity index (χ3v) is 21.0. The Morgan fingerprint density at radius 3 is 1.87 bits per heavy atom. The fourth-order valence-electron chi connectivity index (χ4n) is 16.2. The number of aliphatic hydroxyl groups is 12. The summed E-state index contributed by atoms with van der Waals surface area (Å²) in [6.45, 7) is 13.7. The molecule has 0 bridgehead atoms. The molecule has 434 valence electrons. The summed E-state index contributed by atoms with van der Waals surface area (Å²) in [6.07, 6.45) is -24.7. The van der Waals surface area contributed by atoms with Crippen LogP contribution in [0.25, 0.3) is 0 Å². The van der Waals surface area contributed by atoms with Gasteiger partial charge in [0.2, 0.25) is 6.29 Å². The molecule has 23 heteroatoms. The molecule has 0 amide bonds. The van der Waals surface area contributed by atoms with Crippen LogP contribution in [0.2, 0.25) is 0 Å². The van der Waals surface area contributed by atoms with Crippen molar-refractivity contribution >= 4 is 11.9 Å². The van der Waals surface area contributed by atoms with Gasteiger partial charge in [-0.1, -0.05) is 60.1 Å². The van der Waals surface area contributed by atoms with Crippen LogP contribution in [0.5, 0.6) is 0 Å². The predicted octanol–water partition coefficient (Wildman–Crippen LogP) is -1.30. The Morgan fingerprint density at radius 2 is 1.24 bits per heavy atom. The molecule has 27 atom stereocenters. The van der Waals surface area contributed by atoms with Crippen LogP contribution in [-0.2, 0) is 47.5 Å². The first kappa shape index (κ1) is 58.6. The van der Waals surface area contributed by atoms with Crippen LogP contribution in [-0.4, -0.2) is 221 Å². The lowest BCUT2D eigenvalue weighted by Gasteiger charge is -2.71. The topological polar surface area (TPSA) is 371 Å². The van der Waals surface area contributed by atoms with E-state index in [9.17, 15) is 76.0 Å². The summed E-state index contributed by atoms with van der Waals surface area (Å²) in [5.74, 6) is -2.17. The minimum atomic E-state index is -2.00. The van der Waals surface area contributed by atoms with Crippen LogP contribution >= 0.6 is 0 Å². The number of fused-ring (bicyclic) bond motifs is 7. The van der Waals surface area contributed by atoms with Gasteiger partial charge in [0.05, 0.1) is 31.3 Å². The van der Waals surface area contributed by atoms with Crippen molar-refractivity contribution in [1.29, 1.82) is 0 Å². The number of carboxylic acid groups (broad SMARTS) is 1. The van der Waals surface area contributed by atoms with E-state index < -0.39 is 165 Å². The number of esters is 1. The average molecular weight is 1090 g/mol. The normalized spacial score (nSPS) is 52.9. The standard InChI is InChI=1S/C53H84O23/c1-48(2)14-16-53(47(68)76-45-37(63)34(60)31(57)25(20-55)72-45)17-15-51(6)22(23(53)18-48)8-9-28-50(5)12-11-29(49(3,4)27(50)10-13-52(28,51)7)73-46-40(74-44-36(62)33(59)30(56)24(19-54)71-44)38(64)39(41(75-46)42(65)66)70-26-21-69-43(67)35(61)32(26)58/h8,23-41,43-46,54-64,67H,9-21H2,1-7H3,(H,65,66)/t23-,24+,25+,26+,27-,28+,29-,30+,31+,32+,33-,34-,35+,36+,37+,38-,39-,40+,41-,43+,44-,45-,46+,50-,51+,52+,53-/m0/s1. The van der Waals surface area contributed by atoms with Crippen LogP contribution in [0.1, 0.15) is 113 Å². The van der Waals surface area contributed by atoms with Crippen LogP contribution in [0, 0.1) is 50.2 Å². The summed E-state index contributed by atoms with van der Waals surface area (Å²) < 4.78 is 47.5. The van der Waals surface area contributed by atoms with Gasteiger partial charge in [-0.15, -0.1) is 0 Å². The van der Waals surface area contributed by atoms with Crippen molar-refractivity contribution < 1.29 is 114 Å². The van der Waals surface area contributed by atoms with Crippen LogP contribution in [0.15, 0.2) is 11.6 Å². The summed E-state index contributed by atoms with van der Waals surface area (Å²) >= 11 is 0. The molecule has 0 radical (unpaired) electrons. The number of rotatable bonds is 11. The molecule has 0 aromatic heterocycles.